The molecule has 3 nitrogen and oxygen atoms in total. The van der Waals surface area contributed by atoms with Gasteiger partial charge in [0, 0.05) is 10.9 Å². The second kappa shape index (κ2) is 5.06. The van der Waals surface area contributed by atoms with Crippen LogP contribution >= 0.6 is 0 Å². The first-order valence-electron chi connectivity index (χ1n) is 6.55. The summed E-state index contributed by atoms with van der Waals surface area (Å²) in [5.41, 5.74) is 4.04. The predicted octanol–water partition coefficient (Wildman–Crippen LogP) is 2.70. The van der Waals surface area contributed by atoms with Crippen LogP contribution in [0.4, 0.5) is 0 Å². The van der Waals surface area contributed by atoms with Gasteiger partial charge in [-0.2, -0.15) is 0 Å². The molecule has 0 bridgehead atoms. The van der Waals surface area contributed by atoms with E-state index in [1.165, 1.54) is 0 Å². The number of nitrogens with zero attached hydrogens (tertiary/aromatic N) is 1. The van der Waals surface area contributed by atoms with Gasteiger partial charge < -0.3 is 5.11 Å². The van der Waals surface area contributed by atoms with E-state index in [9.17, 15) is 9.90 Å². The fourth-order valence-corrected chi connectivity index (χ4v) is 2.29. The fraction of sp³-hybridized carbons (Fsp3) is 0.0588. The molecule has 0 spiro atoms. The van der Waals surface area contributed by atoms with Gasteiger partial charge in [0.25, 0.3) is 0 Å². The Balaban J connectivity index is 2.28. The Morgan fingerprint density at radius 3 is 2.48 bits per heavy atom. The van der Waals surface area contributed by atoms with Crippen molar-refractivity contribution in [3.63, 3.8) is 0 Å². The highest BCUT2D eigenvalue weighted by Crippen LogP contribution is 2.24. The second-order valence-electron chi connectivity index (χ2n) is 5.00. The van der Waals surface area contributed by atoms with Crippen molar-refractivity contribution < 1.29 is 9.90 Å². The summed E-state index contributed by atoms with van der Waals surface area (Å²) in [4.78, 5) is 16.0. The molecule has 0 saturated carbocycles. The number of rotatable bonds is 2. The number of carboxylic acid groups (broad SMARTS) is 1. The van der Waals surface area contributed by atoms with Gasteiger partial charge in [-0.3, -0.25) is 0 Å². The zero-order chi connectivity index (χ0) is 15.0. The third-order valence-corrected chi connectivity index (χ3v) is 3.41. The van der Waals surface area contributed by atoms with E-state index in [0.717, 1.165) is 11.1 Å². The van der Waals surface area contributed by atoms with Crippen molar-refractivity contribution in [3.8, 4) is 11.3 Å². The van der Waals surface area contributed by atoms with Crippen LogP contribution in [0.15, 0.2) is 48.5 Å². The smallest absolute Gasteiger partial charge is 0.336 e. The van der Waals surface area contributed by atoms with Crippen molar-refractivity contribution in [3.05, 3.63) is 59.7 Å². The lowest BCUT2D eigenvalue weighted by molar-refractivity contribution is 0.0699. The minimum atomic E-state index is -0.985. The van der Waals surface area contributed by atoms with Crippen LogP contribution in [0.5, 0.6) is 0 Å². The zero-order valence-electron chi connectivity index (χ0n) is 11.5. The standard InChI is InChI=1S/C17H12BNO2/c1-10-2-4-11(5-3-10)16-9-14(17(20)21)13-8-12(18)6-7-15(13)19-16/h2-9H,1H3,(H,20,21). The summed E-state index contributed by atoms with van der Waals surface area (Å²) in [6, 6.07) is 14.5. The molecule has 0 unspecified atom stereocenters. The van der Waals surface area contributed by atoms with Gasteiger partial charge >= 0.3 is 5.97 Å². The van der Waals surface area contributed by atoms with E-state index in [1.807, 2.05) is 31.2 Å². The van der Waals surface area contributed by atoms with Crippen LogP contribution in [0.1, 0.15) is 15.9 Å². The minimum Gasteiger partial charge on any atom is -0.478 e. The summed E-state index contributed by atoms with van der Waals surface area (Å²) in [7, 11) is 5.74. The van der Waals surface area contributed by atoms with Crippen molar-refractivity contribution in [1.29, 1.82) is 0 Å². The van der Waals surface area contributed by atoms with Crippen molar-refractivity contribution in [2.45, 2.75) is 6.92 Å². The number of hydrogen-bond acceptors (Lipinski definition) is 2. The SMILES string of the molecule is [B]c1ccc2nc(-c3ccc(C)cc3)cc(C(=O)O)c2c1. The van der Waals surface area contributed by atoms with Crippen LogP contribution in [-0.4, -0.2) is 23.9 Å². The fourth-order valence-electron chi connectivity index (χ4n) is 2.29. The number of aryl methyl sites for hydroxylation is 1. The predicted molar refractivity (Wildman–Crippen MR) is 84.3 cm³/mol. The summed E-state index contributed by atoms with van der Waals surface area (Å²) in [6.45, 7) is 2.00. The van der Waals surface area contributed by atoms with Gasteiger partial charge in [0.15, 0.2) is 0 Å². The molecule has 2 aromatic carbocycles. The first kappa shape index (κ1) is 13.4. The Morgan fingerprint density at radius 1 is 1.10 bits per heavy atom. The first-order chi connectivity index (χ1) is 10.0. The Hall–Kier alpha value is -2.62. The van der Waals surface area contributed by atoms with Crippen LogP contribution in [0.3, 0.4) is 0 Å². The third-order valence-electron chi connectivity index (χ3n) is 3.41. The molecular weight excluding hydrogens is 261 g/mol. The van der Waals surface area contributed by atoms with Gasteiger partial charge in [-0.25, -0.2) is 9.78 Å². The zero-order valence-corrected chi connectivity index (χ0v) is 11.5. The van der Waals surface area contributed by atoms with Crippen LogP contribution in [0, 0.1) is 6.92 Å². The number of aromatic nitrogens is 1. The van der Waals surface area contributed by atoms with E-state index in [0.29, 0.717) is 22.1 Å². The highest BCUT2D eigenvalue weighted by molar-refractivity contribution is 6.33. The molecular formula is C17H12BNO2. The minimum absolute atomic E-state index is 0.211. The average molecular weight is 273 g/mol. The number of aromatic carboxylic acids is 1. The van der Waals surface area contributed by atoms with Gasteiger partial charge in [-0.15, -0.1) is 0 Å². The number of fused-ring (bicyclic) bond motifs is 1. The maximum Gasteiger partial charge on any atom is 0.336 e. The number of benzene rings is 2. The number of carbonyl (C=O) groups is 1. The topological polar surface area (TPSA) is 50.2 Å². The quantitative estimate of drug-likeness (QED) is 0.730. The molecule has 4 heteroatoms. The summed E-state index contributed by atoms with van der Waals surface area (Å²) in [5, 5.41) is 9.97. The van der Waals surface area contributed by atoms with Crippen LogP contribution in [-0.2, 0) is 0 Å². The monoisotopic (exact) mass is 273 g/mol. The normalized spacial score (nSPS) is 10.7. The van der Waals surface area contributed by atoms with Gasteiger partial charge in [-0.1, -0.05) is 47.4 Å². The highest BCUT2D eigenvalue weighted by Gasteiger charge is 2.12. The number of carboxylic acids is 1. The molecule has 1 N–H and O–H groups in total. The van der Waals surface area contributed by atoms with Gasteiger partial charge in [0.1, 0.15) is 7.85 Å². The van der Waals surface area contributed by atoms with Gasteiger partial charge in [0.2, 0.25) is 0 Å². The van der Waals surface area contributed by atoms with E-state index in [2.05, 4.69) is 4.98 Å². The molecule has 0 fully saturated rings. The van der Waals surface area contributed by atoms with Crippen LogP contribution in [0.2, 0.25) is 0 Å². The molecule has 1 heterocycles. The molecule has 100 valence electrons. The molecule has 0 amide bonds. The van der Waals surface area contributed by atoms with E-state index >= 15 is 0 Å². The molecule has 3 rings (SSSR count). The Kier molecular flexibility index (Phi) is 3.22. The summed E-state index contributed by atoms with van der Waals surface area (Å²) in [6.07, 6.45) is 0. The molecule has 0 aliphatic rings. The summed E-state index contributed by atoms with van der Waals surface area (Å²) >= 11 is 0. The largest absolute Gasteiger partial charge is 0.478 e. The molecule has 0 atom stereocenters. The molecule has 1 aromatic heterocycles. The average Bonchev–Trinajstić information content (AvgIpc) is 2.46. The second-order valence-corrected chi connectivity index (χ2v) is 5.00. The van der Waals surface area contributed by atoms with Gasteiger partial charge in [0.05, 0.1) is 16.8 Å². The van der Waals surface area contributed by atoms with E-state index < -0.39 is 5.97 Å². The van der Waals surface area contributed by atoms with Crippen LogP contribution in [0.25, 0.3) is 22.2 Å². The molecule has 0 saturated heterocycles. The van der Waals surface area contributed by atoms with E-state index in [1.54, 1.807) is 24.3 Å². The molecule has 2 radical (unpaired) electrons. The third kappa shape index (κ3) is 2.52. The lowest BCUT2D eigenvalue weighted by Gasteiger charge is -2.08. The summed E-state index contributed by atoms with van der Waals surface area (Å²) in [5.74, 6) is -0.985. The van der Waals surface area contributed by atoms with Crippen molar-refractivity contribution in [2.24, 2.45) is 0 Å². The molecule has 3 aromatic rings. The Bertz CT molecular complexity index is 841. The maximum atomic E-state index is 11.5. The van der Waals surface area contributed by atoms with Crippen molar-refractivity contribution >= 4 is 30.2 Å². The highest BCUT2D eigenvalue weighted by atomic mass is 16.4. The molecule has 0 aliphatic carbocycles. The van der Waals surface area contributed by atoms with Crippen molar-refractivity contribution in [1.82, 2.24) is 4.98 Å². The van der Waals surface area contributed by atoms with E-state index in [-0.39, 0.29) is 5.56 Å². The Morgan fingerprint density at radius 2 is 1.81 bits per heavy atom. The molecule has 0 aliphatic heterocycles. The number of pyridine rings is 1. The van der Waals surface area contributed by atoms with E-state index in [4.69, 9.17) is 7.85 Å². The van der Waals surface area contributed by atoms with Crippen molar-refractivity contribution in [2.75, 3.05) is 0 Å². The maximum absolute atomic E-state index is 11.5. The lowest BCUT2D eigenvalue weighted by Crippen LogP contribution is -2.05. The van der Waals surface area contributed by atoms with Gasteiger partial charge in [-0.05, 0) is 19.1 Å². The molecule has 21 heavy (non-hydrogen) atoms. The number of hydrogen-bond donors (Lipinski definition) is 1. The first-order valence-corrected chi connectivity index (χ1v) is 6.55. The lowest BCUT2D eigenvalue weighted by atomic mass is 9.93. The van der Waals surface area contributed by atoms with Crippen LogP contribution < -0.4 is 5.46 Å². The Labute approximate surface area is 123 Å². The summed E-state index contributed by atoms with van der Waals surface area (Å²) < 4.78 is 0.